The van der Waals surface area contributed by atoms with Gasteiger partial charge in [0.2, 0.25) is 11.8 Å². The van der Waals surface area contributed by atoms with Gasteiger partial charge in [0.15, 0.2) is 11.5 Å². The van der Waals surface area contributed by atoms with Crippen LogP contribution in [0, 0.1) is 5.92 Å². The van der Waals surface area contributed by atoms with E-state index in [0.29, 0.717) is 29.7 Å². The average molecular weight is 684 g/mol. The molecule has 50 heavy (non-hydrogen) atoms. The number of aromatic nitrogens is 1. The lowest BCUT2D eigenvalue weighted by Gasteiger charge is -2.26. The van der Waals surface area contributed by atoms with Crippen molar-refractivity contribution in [3.05, 3.63) is 84.3 Å². The number of carbonyl (C=O) groups is 4. The third kappa shape index (κ3) is 10.5. The van der Waals surface area contributed by atoms with E-state index in [1.165, 1.54) is 0 Å². The quantitative estimate of drug-likeness (QED) is 0.160. The molecule has 12 nitrogen and oxygen atoms in total. The summed E-state index contributed by atoms with van der Waals surface area (Å²) in [6, 6.07) is 18.3. The molecule has 3 N–H and O–H groups in total. The smallest absolute Gasteiger partial charge is 0.287 e. The minimum Gasteiger partial charge on any atom is -0.492 e. The number of hydrogen-bond acceptors (Lipinski definition) is 9. The lowest BCUT2D eigenvalue weighted by molar-refractivity contribution is -0.129. The van der Waals surface area contributed by atoms with Crippen LogP contribution in [0.4, 0.5) is 0 Å². The molecule has 264 valence electrons. The van der Waals surface area contributed by atoms with Crippen molar-refractivity contribution in [3.8, 4) is 17.0 Å². The summed E-state index contributed by atoms with van der Waals surface area (Å²) in [5.74, 6) is -0.945. The Bertz CT molecular complexity index is 1770. The molecule has 12 heteroatoms. The number of amides is 3. The van der Waals surface area contributed by atoms with Crippen LogP contribution < -0.4 is 20.7 Å². The van der Waals surface area contributed by atoms with E-state index in [0.717, 1.165) is 49.7 Å². The number of Topliss-reactive ketones (excluding diaryl/α,β-unsaturated/α-hetero) is 1. The zero-order chi connectivity index (χ0) is 35.5. The van der Waals surface area contributed by atoms with Crippen LogP contribution in [0.15, 0.2) is 77.3 Å². The van der Waals surface area contributed by atoms with Crippen molar-refractivity contribution < 1.29 is 33.1 Å². The van der Waals surface area contributed by atoms with Crippen LogP contribution in [0.25, 0.3) is 22.2 Å². The maximum atomic E-state index is 13.3. The minimum atomic E-state index is -0.911. The topological polar surface area (TPSA) is 152 Å². The summed E-state index contributed by atoms with van der Waals surface area (Å²) >= 11 is 0. The van der Waals surface area contributed by atoms with Gasteiger partial charge >= 0.3 is 0 Å². The highest BCUT2D eigenvalue weighted by atomic mass is 16.5. The Kier molecular flexibility index (Phi) is 12.7. The van der Waals surface area contributed by atoms with Crippen molar-refractivity contribution in [2.24, 2.45) is 5.92 Å². The molecule has 1 aliphatic heterocycles. The lowest BCUT2D eigenvalue weighted by Crippen LogP contribution is -2.52. The first-order valence-corrected chi connectivity index (χ1v) is 17.0. The van der Waals surface area contributed by atoms with Crippen molar-refractivity contribution in [1.29, 1.82) is 0 Å². The largest absolute Gasteiger partial charge is 0.492 e. The second-order valence-corrected chi connectivity index (χ2v) is 12.8. The van der Waals surface area contributed by atoms with Gasteiger partial charge in [0.05, 0.1) is 37.9 Å². The van der Waals surface area contributed by atoms with E-state index in [-0.39, 0.29) is 36.3 Å². The van der Waals surface area contributed by atoms with Crippen molar-refractivity contribution >= 4 is 34.5 Å². The van der Waals surface area contributed by atoms with Crippen molar-refractivity contribution in [2.45, 2.75) is 45.7 Å². The molecule has 2 aromatic carbocycles. The number of hydrogen-bond donors (Lipinski definition) is 3. The van der Waals surface area contributed by atoms with Crippen molar-refractivity contribution in [1.82, 2.24) is 25.8 Å². The fourth-order valence-electron chi connectivity index (χ4n) is 5.63. The molecule has 0 saturated carbocycles. The Balaban J connectivity index is 1.11. The number of rotatable bonds is 16. The number of nitrogens with one attached hydrogen (secondary N) is 3. The van der Waals surface area contributed by atoms with Gasteiger partial charge in [-0.25, -0.2) is 0 Å². The molecule has 5 rings (SSSR count). The van der Waals surface area contributed by atoms with Crippen LogP contribution in [0.3, 0.4) is 0 Å². The number of ketones is 1. The first-order valence-electron chi connectivity index (χ1n) is 17.0. The number of ether oxygens (including phenoxy) is 2. The molecular weight excluding hydrogens is 638 g/mol. The maximum absolute atomic E-state index is 13.3. The molecule has 3 amide bonds. The van der Waals surface area contributed by atoms with Gasteiger partial charge in [0, 0.05) is 36.8 Å². The highest BCUT2D eigenvalue weighted by Gasteiger charge is 2.27. The van der Waals surface area contributed by atoms with Crippen LogP contribution >= 0.6 is 0 Å². The van der Waals surface area contributed by atoms with Crippen LogP contribution in [0.2, 0.25) is 0 Å². The second kappa shape index (κ2) is 17.5. The number of fused-ring (bicyclic) bond motifs is 1. The fourth-order valence-corrected chi connectivity index (χ4v) is 5.63. The monoisotopic (exact) mass is 683 g/mol. The van der Waals surface area contributed by atoms with Gasteiger partial charge in [-0.1, -0.05) is 38.1 Å². The van der Waals surface area contributed by atoms with Gasteiger partial charge in [-0.15, -0.1) is 0 Å². The Morgan fingerprint density at radius 2 is 1.76 bits per heavy atom. The first kappa shape index (κ1) is 36.2. The van der Waals surface area contributed by atoms with Crippen LogP contribution in [0.1, 0.15) is 43.3 Å². The minimum absolute atomic E-state index is 0.0597. The normalized spacial score (nSPS) is 14.6. The zero-order valence-electron chi connectivity index (χ0n) is 28.8. The Labute approximate surface area is 291 Å². The number of morpholine rings is 1. The summed E-state index contributed by atoms with van der Waals surface area (Å²) in [4.78, 5) is 58.7. The predicted molar refractivity (Wildman–Crippen MR) is 189 cm³/mol. The average Bonchev–Trinajstić information content (AvgIpc) is 3.55. The molecular formula is C38H45N5O7. The van der Waals surface area contributed by atoms with Gasteiger partial charge in [0.25, 0.3) is 5.91 Å². The highest BCUT2D eigenvalue weighted by Crippen LogP contribution is 2.25. The van der Waals surface area contributed by atoms with Gasteiger partial charge < -0.3 is 29.8 Å². The number of carbonyl (C=O) groups excluding carboxylic acids is 4. The third-order valence-corrected chi connectivity index (χ3v) is 8.37. The fraction of sp³-hybridized carbons (Fsp3) is 0.395. The Hall–Kier alpha value is -5.07. The van der Waals surface area contributed by atoms with E-state index in [1.807, 2.05) is 62.4 Å². The molecule has 1 saturated heterocycles. The van der Waals surface area contributed by atoms with E-state index in [2.05, 4.69) is 25.8 Å². The number of nitrogens with zero attached hydrogens (tertiary/aromatic N) is 2. The molecule has 1 aliphatic rings. The number of benzene rings is 2. The van der Waals surface area contributed by atoms with Crippen molar-refractivity contribution in [3.63, 3.8) is 0 Å². The Morgan fingerprint density at radius 1 is 0.940 bits per heavy atom. The molecule has 0 spiro atoms. The van der Waals surface area contributed by atoms with Crippen LogP contribution in [0.5, 0.6) is 5.75 Å². The molecule has 2 atom stereocenters. The van der Waals surface area contributed by atoms with Gasteiger partial charge in [-0.3, -0.25) is 29.1 Å². The van der Waals surface area contributed by atoms with E-state index in [9.17, 15) is 19.2 Å². The molecule has 0 aliphatic carbocycles. The second-order valence-electron chi connectivity index (χ2n) is 12.8. The number of furan rings is 1. The molecule has 1 fully saturated rings. The first-order chi connectivity index (χ1) is 24.1. The summed E-state index contributed by atoms with van der Waals surface area (Å²) in [6.45, 7) is 9.72. The van der Waals surface area contributed by atoms with E-state index < -0.39 is 23.9 Å². The third-order valence-electron chi connectivity index (χ3n) is 8.37. The maximum Gasteiger partial charge on any atom is 0.287 e. The molecule has 0 bridgehead atoms. The SMILES string of the molecule is CC(C)CC(NC(=O)c1cc2cc(OCCN3CCOCC3)ccc2o1)C(=O)NC(C)C(=O)CNC(=O)Cc1cccc(-c2ccccn2)c1. The summed E-state index contributed by atoms with van der Waals surface area (Å²) in [6.07, 6.45) is 2.14. The van der Waals surface area contributed by atoms with Gasteiger partial charge in [-0.05, 0) is 67.3 Å². The predicted octanol–water partition coefficient (Wildman–Crippen LogP) is 3.78. The molecule has 2 aromatic heterocycles. The lowest BCUT2D eigenvalue weighted by atomic mass is 10.0. The molecule has 0 radical (unpaired) electrons. The zero-order valence-corrected chi connectivity index (χ0v) is 28.8. The number of pyridine rings is 1. The summed E-state index contributed by atoms with van der Waals surface area (Å²) < 4.78 is 17.1. The highest BCUT2D eigenvalue weighted by molar-refractivity contribution is 6.00. The molecule has 3 heterocycles. The Morgan fingerprint density at radius 3 is 2.52 bits per heavy atom. The summed E-state index contributed by atoms with van der Waals surface area (Å²) in [5.41, 5.74) is 2.99. The van der Waals surface area contributed by atoms with Crippen LogP contribution in [-0.4, -0.2) is 91.5 Å². The van der Waals surface area contributed by atoms with E-state index in [4.69, 9.17) is 13.9 Å². The van der Waals surface area contributed by atoms with E-state index in [1.54, 1.807) is 31.3 Å². The molecule has 2 unspecified atom stereocenters. The molecule has 4 aromatic rings. The standard InChI is InChI=1S/C38H45N5O7/c1-25(2)19-32(42-38(47)35-23-29-22-30(10-11-34(29)50-35)49-18-15-43-13-16-48-17-14-43)37(46)41-26(3)33(44)24-40-36(45)21-27-7-6-8-28(20-27)31-9-4-5-12-39-31/h4-12,20,22-23,25-26,32H,13-19,21,24H2,1-3H3,(H,40,45)(H,41,46)(H,42,47). The van der Waals surface area contributed by atoms with Gasteiger partial charge in [0.1, 0.15) is 24.0 Å². The van der Waals surface area contributed by atoms with Gasteiger partial charge in [-0.2, -0.15) is 0 Å². The van der Waals surface area contributed by atoms with Crippen LogP contribution in [-0.2, 0) is 25.5 Å². The summed E-state index contributed by atoms with van der Waals surface area (Å²) in [5, 5.41) is 8.82. The van der Waals surface area contributed by atoms with Crippen molar-refractivity contribution in [2.75, 3.05) is 46.0 Å². The van der Waals surface area contributed by atoms with E-state index >= 15 is 0 Å². The summed E-state index contributed by atoms with van der Waals surface area (Å²) in [7, 11) is 0.